The molecule has 5 aliphatic rings. The standard InChI is InChI=1S/C42H42ClN5O6/c43-34-20-31(9-8-28(34)21-44)54-30-14-18-48(19-15-30)42(53)27-6-4-26(5-7-27)29-23-46(24-29)22-25-12-16-47(17-13-25)35-3-1-2-32-37(35)40(51)38(39(32)50)33-10-11-36(49)45-41(33)52/h1-9,20,25,29-30,33,38H,10-19,22-24H2,(H,45,49,52). The minimum atomic E-state index is -1.06. The number of ether oxygens (including phenoxy) is 1. The number of hydrogen-bond acceptors (Lipinski definition) is 9. The van der Waals surface area contributed by atoms with Crippen LogP contribution in [0.15, 0.2) is 60.7 Å². The highest BCUT2D eigenvalue weighted by atomic mass is 35.5. The third kappa shape index (κ3) is 7.01. The van der Waals surface area contributed by atoms with E-state index < -0.39 is 17.7 Å². The third-order valence-electron chi connectivity index (χ3n) is 12.0. The molecular formula is C42H42ClN5O6. The van der Waals surface area contributed by atoms with E-state index in [0.717, 1.165) is 64.1 Å². The molecule has 0 radical (unpaired) electrons. The molecule has 3 aromatic rings. The molecular weight excluding hydrogens is 706 g/mol. The second kappa shape index (κ2) is 15.0. The molecule has 0 aromatic heterocycles. The van der Waals surface area contributed by atoms with E-state index in [1.807, 2.05) is 29.2 Å². The fraction of sp³-hybridized carbons (Fsp3) is 0.429. The molecule has 0 saturated carbocycles. The first-order valence-electron chi connectivity index (χ1n) is 18.9. The molecule has 11 nitrogen and oxygen atoms in total. The predicted molar refractivity (Wildman–Crippen MR) is 201 cm³/mol. The number of amides is 3. The number of likely N-dealkylation sites (tertiary alicyclic amines) is 2. The van der Waals surface area contributed by atoms with Crippen LogP contribution in [0.2, 0.25) is 5.02 Å². The lowest BCUT2D eigenvalue weighted by atomic mass is 9.82. The van der Waals surface area contributed by atoms with E-state index in [-0.39, 0.29) is 42.3 Å². The average molecular weight is 748 g/mol. The normalized spacial score (nSPS) is 22.8. The van der Waals surface area contributed by atoms with E-state index in [9.17, 15) is 24.0 Å². The summed E-state index contributed by atoms with van der Waals surface area (Å²) in [6.45, 7) is 5.78. The summed E-state index contributed by atoms with van der Waals surface area (Å²) >= 11 is 6.15. The van der Waals surface area contributed by atoms with Gasteiger partial charge < -0.3 is 19.4 Å². The van der Waals surface area contributed by atoms with Crippen molar-refractivity contribution in [1.29, 1.82) is 5.26 Å². The molecule has 54 heavy (non-hydrogen) atoms. The van der Waals surface area contributed by atoms with Gasteiger partial charge in [-0.15, -0.1) is 0 Å². The van der Waals surface area contributed by atoms with Crippen LogP contribution in [0.25, 0.3) is 0 Å². The van der Waals surface area contributed by atoms with Gasteiger partial charge in [0.15, 0.2) is 11.6 Å². The molecule has 0 spiro atoms. The largest absolute Gasteiger partial charge is 0.490 e. The van der Waals surface area contributed by atoms with Crippen LogP contribution in [0.3, 0.4) is 0 Å². The van der Waals surface area contributed by atoms with Gasteiger partial charge in [-0.1, -0.05) is 35.9 Å². The lowest BCUT2D eigenvalue weighted by molar-refractivity contribution is -0.137. The van der Waals surface area contributed by atoms with Gasteiger partial charge in [-0.3, -0.25) is 29.3 Å². The van der Waals surface area contributed by atoms with E-state index in [1.54, 1.807) is 24.3 Å². The molecule has 2 atom stereocenters. The van der Waals surface area contributed by atoms with Crippen molar-refractivity contribution < 1.29 is 28.7 Å². The topological polar surface area (TPSA) is 140 Å². The van der Waals surface area contributed by atoms with Gasteiger partial charge in [0.1, 0.15) is 17.9 Å². The second-order valence-electron chi connectivity index (χ2n) is 15.3. The van der Waals surface area contributed by atoms with Crippen molar-refractivity contribution in [2.45, 2.75) is 50.5 Å². The van der Waals surface area contributed by atoms with Crippen molar-refractivity contribution in [2.24, 2.45) is 17.8 Å². The van der Waals surface area contributed by atoms with E-state index in [0.29, 0.717) is 58.0 Å². The van der Waals surface area contributed by atoms with Crippen LogP contribution in [-0.2, 0) is 9.59 Å². The molecule has 1 aliphatic carbocycles. The smallest absolute Gasteiger partial charge is 0.253 e. The van der Waals surface area contributed by atoms with Gasteiger partial charge in [-0.25, -0.2) is 0 Å². The zero-order valence-corrected chi connectivity index (χ0v) is 30.7. The highest BCUT2D eigenvalue weighted by Gasteiger charge is 2.49. The summed E-state index contributed by atoms with van der Waals surface area (Å²) in [6, 6.07) is 20.6. The summed E-state index contributed by atoms with van der Waals surface area (Å²) in [6.07, 6.45) is 3.73. The van der Waals surface area contributed by atoms with Crippen molar-refractivity contribution in [2.75, 3.05) is 50.7 Å². The van der Waals surface area contributed by atoms with Crippen LogP contribution in [0.5, 0.6) is 5.75 Å². The van der Waals surface area contributed by atoms with E-state index in [4.69, 9.17) is 21.6 Å². The molecule has 4 fully saturated rings. The summed E-state index contributed by atoms with van der Waals surface area (Å²) in [7, 11) is 0. The molecule has 4 saturated heterocycles. The molecule has 4 heterocycles. The minimum Gasteiger partial charge on any atom is -0.490 e. The zero-order chi connectivity index (χ0) is 37.5. The van der Waals surface area contributed by atoms with E-state index >= 15 is 0 Å². The summed E-state index contributed by atoms with van der Waals surface area (Å²) in [5.74, 6) is -1.75. The molecule has 2 unspecified atom stereocenters. The Labute approximate surface area is 319 Å². The number of carbonyl (C=O) groups excluding carboxylic acids is 5. The van der Waals surface area contributed by atoms with Crippen molar-refractivity contribution in [3.8, 4) is 11.8 Å². The zero-order valence-electron chi connectivity index (χ0n) is 30.0. The van der Waals surface area contributed by atoms with Crippen molar-refractivity contribution >= 4 is 46.6 Å². The number of nitrogens with zero attached hydrogens (tertiary/aromatic N) is 4. The number of halogens is 1. The number of imide groups is 1. The predicted octanol–water partition coefficient (Wildman–Crippen LogP) is 5.26. The third-order valence-corrected chi connectivity index (χ3v) is 12.3. The van der Waals surface area contributed by atoms with Crippen LogP contribution >= 0.6 is 11.6 Å². The lowest BCUT2D eigenvalue weighted by Gasteiger charge is -2.43. The first-order valence-corrected chi connectivity index (χ1v) is 19.3. The number of rotatable bonds is 8. The van der Waals surface area contributed by atoms with Crippen molar-refractivity contribution in [3.63, 3.8) is 0 Å². The van der Waals surface area contributed by atoms with Crippen molar-refractivity contribution in [1.82, 2.24) is 15.1 Å². The van der Waals surface area contributed by atoms with Crippen LogP contribution in [0.4, 0.5) is 5.69 Å². The Balaban J connectivity index is 0.786. The van der Waals surface area contributed by atoms with Crippen LogP contribution in [0.1, 0.15) is 86.6 Å². The number of Topliss-reactive ketones (excluding diaryl/α,β-unsaturated/α-hetero) is 2. The Kier molecular flexibility index (Phi) is 9.99. The molecule has 1 N–H and O–H groups in total. The fourth-order valence-electron chi connectivity index (χ4n) is 8.86. The van der Waals surface area contributed by atoms with Crippen molar-refractivity contribution in [3.05, 3.63) is 93.5 Å². The summed E-state index contributed by atoms with van der Waals surface area (Å²) in [5.41, 5.74) is 3.94. The van der Waals surface area contributed by atoms with Gasteiger partial charge >= 0.3 is 0 Å². The van der Waals surface area contributed by atoms with Gasteiger partial charge in [-0.05, 0) is 61.1 Å². The van der Waals surface area contributed by atoms with Crippen LogP contribution in [-0.4, -0.2) is 91.0 Å². The molecule has 8 rings (SSSR count). The molecule has 12 heteroatoms. The highest BCUT2D eigenvalue weighted by molar-refractivity contribution is 6.32. The highest BCUT2D eigenvalue weighted by Crippen LogP contribution is 2.41. The maximum Gasteiger partial charge on any atom is 0.253 e. The number of benzene rings is 3. The fourth-order valence-corrected chi connectivity index (χ4v) is 9.08. The number of fused-ring (bicyclic) bond motifs is 1. The summed E-state index contributed by atoms with van der Waals surface area (Å²) in [5, 5.41) is 11.8. The van der Waals surface area contributed by atoms with Gasteiger partial charge in [-0.2, -0.15) is 5.26 Å². The van der Waals surface area contributed by atoms with E-state index in [2.05, 4.69) is 33.3 Å². The van der Waals surface area contributed by atoms with Gasteiger partial charge in [0, 0.05) is 93.9 Å². The van der Waals surface area contributed by atoms with Gasteiger partial charge in [0.05, 0.1) is 28.0 Å². The van der Waals surface area contributed by atoms with Gasteiger partial charge in [0.2, 0.25) is 11.8 Å². The Morgan fingerprint density at radius 1 is 0.889 bits per heavy atom. The first kappa shape index (κ1) is 36.0. The number of hydrogen-bond donors (Lipinski definition) is 1. The number of nitriles is 1. The quantitative estimate of drug-likeness (QED) is 0.242. The number of anilines is 1. The lowest BCUT2D eigenvalue weighted by Crippen LogP contribution is -2.48. The molecule has 278 valence electrons. The number of ketones is 2. The van der Waals surface area contributed by atoms with Crippen LogP contribution < -0.4 is 15.0 Å². The second-order valence-corrected chi connectivity index (χ2v) is 15.7. The average Bonchev–Trinajstić information content (AvgIpc) is 3.42. The van der Waals surface area contributed by atoms with Gasteiger partial charge in [0.25, 0.3) is 5.91 Å². The molecule has 4 aliphatic heterocycles. The Bertz CT molecular complexity index is 2040. The molecule has 0 bridgehead atoms. The minimum absolute atomic E-state index is 0.0155. The Hall–Kier alpha value is -5.05. The maximum atomic E-state index is 13.7. The molecule has 3 aromatic carbocycles. The summed E-state index contributed by atoms with van der Waals surface area (Å²) in [4.78, 5) is 71.1. The molecule has 3 amide bonds. The van der Waals surface area contributed by atoms with Crippen LogP contribution in [0, 0.1) is 29.1 Å². The first-order chi connectivity index (χ1) is 26.2. The maximum absolute atomic E-state index is 13.7. The Morgan fingerprint density at radius 3 is 2.31 bits per heavy atom. The SMILES string of the molecule is N#Cc1ccc(OC2CCN(C(=O)c3ccc(C4CN(CC5CCN(c6cccc7c6C(=O)C(C6CCC(=O)NC6=O)C7=O)CC5)C4)cc3)CC2)cc1Cl. The number of nitrogens with one attached hydrogen (secondary N) is 1. The number of piperidine rings is 3. The Morgan fingerprint density at radius 2 is 1.63 bits per heavy atom. The van der Waals surface area contributed by atoms with E-state index in [1.165, 1.54) is 5.56 Å². The summed E-state index contributed by atoms with van der Waals surface area (Å²) < 4.78 is 6.08. The number of carbonyl (C=O) groups is 5. The monoisotopic (exact) mass is 747 g/mol.